The first-order valence-electron chi connectivity index (χ1n) is 6.51. The van der Waals surface area contributed by atoms with Crippen molar-refractivity contribution in [2.24, 2.45) is 5.92 Å². The van der Waals surface area contributed by atoms with Crippen LogP contribution in [0.3, 0.4) is 0 Å². The monoisotopic (exact) mass is 239 g/mol. The van der Waals surface area contributed by atoms with E-state index in [1.165, 1.54) is 0 Å². The summed E-state index contributed by atoms with van der Waals surface area (Å²) in [6.45, 7) is 10.1. The molecule has 0 aliphatic carbocycles. The number of nitriles is 1. The van der Waals surface area contributed by atoms with Crippen LogP contribution in [0.1, 0.15) is 20.3 Å². The number of morpholine rings is 1. The van der Waals surface area contributed by atoms with E-state index in [1.54, 1.807) is 0 Å². The van der Waals surface area contributed by atoms with E-state index < -0.39 is 0 Å². The third-order valence-corrected chi connectivity index (χ3v) is 2.97. The first kappa shape index (κ1) is 14.4. The second-order valence-electron chi connectivity index (χ2n) is 5.32. The summed E-state index contributed by atoms with van der Waals surface area (Å²) >= 11 is 0. The Morgan fingerprint density at radius 3 is 2.88 bits per heavy atom. The van der Waals surface area contributed by atoms with Crippen molar-refractivity contribution >= 4 is 0 Å². The van der Waals surface area contributed by atoms with Gasteiger partial charge in [0.1, 0.15) is 0 Å². The molecule has 1 saturated heterocycles. The van der Waals surface area contributed by atoms with E-state index in [0.717, 1.165) is 39.3 Å². The number of rotatable bonds is 6. The van der Waals surface area contributed by atoms with Gasteiger partial charge in [0.25, 0.3) is 0 Å². The maximum absolute atomic E-state index is 8.68. The zero-order valence-electron chi connectivity index (χ0n) is 11.4. The Balaban J connectivity index is 2.38. The minimum Gasteiger partial charge on any atom is -0.374 e. The number of likely N-dealkylation sites (N-methyl/N-ethyl adjacent to an activating group) is 1. The highest BCUT2D eigenvalue weighted by atomic mass is 16.5. The second-order valence-corrected chi connectivity index (χ2v) is 5.32. The Labute approximate surface area is 105 Å². The Morgan fingerprint density at radius 1 is 1.53 bits per heavy atom. The lowest BCUT2D eigenvalue weighted by atomic mass is 10.2. The molecule has 4 nitrogen and oxygen atoms in total. The van der Waals surface area contributed by atoms with Crippen molar-refractivity contribution in [2.75, 3.05) is 46.4 Å². The van der Waals surface area contributed by atoms with Crippen LogP contribution in [0, 0.1) is 17.2 Å². The molecule has 1 rings (SSSR count). The van der Waals surface area contributed by atoms with Crippen molar-refractivity contribution in [2.45, 2.75) is 26.4 Å². The molecule has 0 aromatic carbocycles. The lowest BCUT2D eigenvalue weighted by Gasteiger charge is -2.34. The molecule has 1 aliphatic rings. The van der Waals surface area contributed by atoms with Crippen LogP contribution in [0.4, 0.5) is 0 Å². The van der Waals surface area contributed by atoms with E-state index in [2.05, 4.69) is 36.8 Å². The summed E-state index contributed by atoms with van der Waals surface area (Å²) in [7, 11) is 2.14. The van der Waals surface area contributed by atoms with E-state index in [-0.39, 0.29) is 0 Å². The molecule has 0 bridgehead atoms. The van der Waals surface area contributed by atoms with E-state index in [9.17, 15) is 0 Å². The molecular weight excluding hydrogens is 214 g/mol. The van der Waals surface area contributed by atoms with Gasteiger partial charge in [0.15, 0.2) is 0 Å². The lowest BCUT2D eigenvalue weighted by molar-refractivity contribution is -0.0365. The van der Waals surface area contributed by atoms with E-state index in [1.807, 2.05) is 0 Å². The van der Waals surface area contributed by atoms with Gasteiger partial charge in [0, 0.05) is 39.1 Å². The summed E-state index contributed by atoms with van der Waals surface area (Å²) in [5, 5.41) is 8.68. The topological polar surface area (TPSA) is 39.5 Å². The number of hydrogen-bond acceptors (Lipinski definition) is 4. The van der Waals surface area contributed by atoms with Gasteiger partial charge in [-0.25, -0.2) is 0 Å². The Hall–Kier alpha value is -0.630. The normalized spacial score (nSPS) is 22.0. The molecule has 17 heavy (non-hydrogen) atoms. The van der Waals surface area contributed by atoms with Crippen LogP contribution in [0.2, 0.25) is 0 Å². The third-order valence-electron chi connectivity index (χ3n) is 2.97. The van der Waals surface area contributed by atoms with Gasteiger partial charge >= 0.3 is 0 Å². The quantitative estimate of drug-likeness (QED) is 0.698. The van der Waals surface area contributed by atoms with Gasteiger partial charge < -0.3 is 9.64 Å². The van der Waals surface area contributed by atoms with Crippen molar-refractivity contribution in [1.29, 1.82) is 5.26 Å². The molecule has 0 N–H and O–H groups in total. The van der Waals surface area contributed by atoms with Crippen LogP contribution < -0.4 is 0 Å². The molecule has 98 valence electrons. The second kappa shape index (κ2) is 7.65. The summed E-state index contributed by atoms with van der Waals surface area (Å²) in [6, 6.07) is 2.22. The molecular formula is C13H25N3O. The molecule has 1 fully saturated rings. The van der Waals surface area contributed by atoms with Gasteiger partial charge in [-0.1, -0.05) is 13.8 Å². The van der Waals surface area contributed by atoms with Gasteiger partial charge in [0.2, 0.25) is 0 Å². The molecule has 0 aromatic rings. The Morgan fingerprint density at radius 2 is 2.29 bits per heavy atom. The predicted octanol–water partition coefficient (Wildman–Crippen LogP) is 1.19. The van der Waals surface area contributed by atoms with Gasteiger partial charge in [-0.2, -0.15) is 5.26 Å². The summed E-state index contributed by atoms with van der Waals surface area (Å²) in [6.07, 6.45) is 0.904. The highest BCUT2D eigenvalue weighted by molar-refractivity contribution is 4.77. The summed E-state index contributed by atoms with van der Waals surface area (Å²) < 4.78 is 5.77. The zero-order chi connectivity index (χ0) is 12.7. The predicted molar refractivity (Wildman–Crippen MR) is 68.7 cm³/mol. The average Bonchev–Trinajstić information content (AvgIpc) is 2.25. The minimum atomic E-state index is 0.297. The highest BCUT2D eigenvalue weighted by Gasteiger charge is 2.20. The van der Waals surface area contributed by atoms with Gasteiger partial charge in [0.05, 0.1) is 18.8 Å². The fourth-order valence-corrected chi connectivity index (χ4v) is 2.25. The molecule has 0 amide bonds. The van der Waals surface area contributed by atoms with Crippen molar-refractivity contribution in [1.82, 2.24) is 9.80 Å². The minimum absolute atomic E-state index is 0.297. The van der Waals surface area contributed by atoms with Gasteiger partial charge in [-0.15, -0.1) is 0 Å². The standard InChI is InChI=1S/C13H25N3O/c1-12(2)9-16(6-4-5-14)11-13-10-15(3)7-8-17-13/h12-13H,4,6-11H2,1-3H3. The van der Waals surface area contributed by atoms with Crippen molar-refractivity contribution < 1.29 is 4.74 Å². The van der Waals surface area contributed by atoms with Gasteiger partial charge in [-0.05, 0) is 13.0 Å². The number of nitrogens with zero attached hydrogens (tertiary/aromatic N) is 3. The van der Waals surface area contributed by atoms with Crippen LogP contribution in [0.5, 0.6) is 0 Å². The Bertz CT molecular complexity index is 250. The SMILES string of the molecule is CC(C)CN(CCC#N)CC1CN(C)CCO1. The maximum atomic E-state index is 8.68. The third kappa shape index (κ3) is 6.02. The molecule has 1 unspecified atom stereocenters. The van der Waals surface area contributed by atoms with E-state index in [0.29, 0.717) is 18.4 Å². The van der Waals surface area contributed by atoms with Crippen LogP contribution in [-0.2, 0) is 4.74 Å². The lowest BCUT2D eigenvalue weighted by Crippen LogP contribution is -2.46. The highest BCUT2D eigenvalue weighted by Crippen LogP contribution is 2.08. The van der Waals surface area contributed by atoms with Crippen LogP contribution in [0.15, 0.2) is 0 Å². The molecule has 0 aromatic heterocycles. The largest absolute Gasteiger partial charge is 0.374 e. The van der Waals surface area contributed by atoms with Crippen LogP contribution >= 0.6 is 0 Å². The average molecular weight is 239 g/mol. The molecule has 0 spiro atoms. The Kier molecular flexibility index (Phi) is 6.49. The van der Waals surface area contributed by atoms with Gasteiger partial charge in [-0.3, -0.25) is 4.90 Å². The number of ether oxygens (including phenoxy) is 1. The van der Waals surface area contributed by atoms with E-state index in [4.69, 9.17) is 10.00 Å². The van der Waals surface area contributed by atoms with Crippen LogP contribution in [0.25, 0.3) is 0 Å². The first-order valence-corrected chi connectivity index (χ1v) is 6.51. The fraction of sp³-hybridized carbons (Fsp3) is 0.923. The molecule has 0 radical (unpaired) electrons. The molecule has 1 aliphatic heterocycles. The van der Waals surface area contributed by atoms with Crippen molar-refractivity contribution in [3.63, 3.8) is 0 Å². The smallest absolute Gasteiger partial charge is 0.0829 e. The molecule has 1 heterocycles. The zero-order valence-corrected chi connectivity index (χ0v) is 11.4. The fourth-order valence-electron chi connectivity index (χ4n) is 2.25. The first-order chi connectivity index (χ1) is 8.11. The number of hydrogen-bond donors (Lipinski definition) is 0. The maximum Gasteiger partial charge on any atom is 0.0829 e. The van der Waals surface area contributed by atoms with Crippen molar-refractivity contribution in [3.05, 3.63) is 0 Å². The van der Waals surface area contributed by atoms with E-state index >= 15 is 0 Å². The molecule has 4 heteroatoms. The summed E-state index contributed by atoms with van der Waals surface area (Å²) in [5.41, 5.74) is 0. The molecule has 0 saturated carbocycles. The summed E-state index contributed by atoms with van der Waals surface area (Å²) in [5.74, 6) is 0.634. The van der Waals surface area contributed by atoms with Crippen molar-refractivity contribution in [3.8, 4) is 6.07 Å². The molecule has 1 atom stereocenters. The van der Waals surface area contributed by atoms with Crippen LogP contribution in [-0.4, -0.2) is 62.3 Å². The summed E-state index contributed by atoms with van der Waals surface area (Å²) in [4.78, 5) is 4.67.